The van der Waals surface area contributed by atoms with Crippen LogP contribution in [0.25, 0.3) is 16.9 Å². The second-order valence-electron chi connectivity index (χ2n) is 6.92. The van der Waals surface area contributed by atoms with Crippen molar-refractivity contribution in [3.8, 4) is 16.9 Å². The number of pyridine rings is 1. The molecule has 2 heterocycles. The lowest BCUT2D eigenvalue weighted by atomic mass is 10.1. The summed E-state index contributed by atoms with van der Waals surface area (Å²) in [4.78, 5) is 15.8. The van der Waals surface area contributed by atoms with Crippen molar-refractivity contribution in [2.45, 2.75) is 13.8 Å². The number of hydrogen-bond acceptors (Lipinski definition) is 4. The third-order valence-electron chi connectivity index (χ3n) is 4.55. The Hall–Kier alpha value is -3.93. The molecule has 4 rings (SSSR count). The first-order valence-electron chi connectivity index (χ1n) is 9.26. The zero-order chi connectivity index (χ0) is 20.4. The first-order chi connectivity index (χ1) is 14.0. The number of aryl methyl sites for hydroxylation is 2. The van der Waals surface area contributed by atoms with Gasteiger partial charge in [0, 0.05) is 23.0 Å². The van der Waals surface area contributed by atoms with Gasteiger partial charge in [0.05, 0.1) is 17.1 Å². The van der Waals surface area contributed by atoms with Crippen LogP contribution in [0.2, 0.25) is 0 Å². The van der Waals surface area contributed by atoms with E-state index in [1.807, 2.05) is 41.9 Å². The molecule has 2 aromatic carbocycles. The van der Waals surface area contributed by atoms with Crippen LogP contribution < -0.4 is 11.1 Å². The second-order valence-corrected chi connectivity index (χ2v) is 6.92. The molecule has 1 amide bonds. The second kappa shape index (κ2) is 7.59. The Morgan fingerprint density at radius 2 is 1.83 bits per heavy atom. The van der Waals surface area contributed by atoms with Gasteiger partial charge in [-0.15, -0.1) is 0 Å². The van der Waals surface area contributed by atoms with E-state index in [0.717, 1.165) is 28.3 Å². The van der Waals surface area contributed by atoms with Crippen molar-refractivity contribution in [3.05, 3.63) is 89.7 Å². The highest BCUT2D eigenvalue weighted by Crippen LogP contribution is 2.27. The number of anilines is 2. The zero-order valence-electron chi connectivity index (χ0n) is 16.3. The molecular weight excluding hydrogens is 362 g/mol. The largest absolute Gasteiger partial charge is 0.366 e. The van der Waals surface area contributed by atoms with Crippen molar-refractivity contribution in [1.29, 1.82) is 0 Å². The van der Waals surface area contributed by atoms with Gasteiger partial charge < -0.3 is 11.1 Å². The lowest BCUT2D eigenvalue weighted by Crippen LogP contribution is -2.10. The van der Waals surface area contributed by atoms with Crippen LogP contribution in [-0.4, -0.2) is 20.7 Å². The van der Waals surface area contributed by atoms with E-state index >= 15 is 0 Å². The van der Waals surface area contributed by atoms with Gasteiger partial charge in [-0.3, -0.25) is 4.79 Å². The number of hydrogen-bond donors (Lipinski definition) is 2. The van der Waals surface area contributed by atoms with Crippen LogP contribution >= 0.6 is 0 Å². The van der Waals surface area contributed by atoms with Gasteiger partial charge in [-0.05, 0) is 67.9 Å². The summed E-state index contributed by atoms with van der Waals surface area (Å²) in [5.74, 6) is 0.201. The maximum absolute atomic E-state index is 11.4. The lowest BCUT2D eigenvalue weighted by Gasteiger charge is -2.11. The Bertz CT molecular complexity index is 1200. The summed E-state index contributed by atoms with van der Waals surface area (Å²) in [6.45, 7) is 4.04. The van der Waals surface area contributed by atoms with Gasteiger partial charge in [0.1, 0.15) is 5.82 Å². The molecule has 0 unspecified atom stereocenters. The Kier molecular flexibility index (Phi) is 4.83. The molecule has 0 bridgehead atoms. The smallest absolute Gasteiger partial charge is 0.248 e. The molecule has 144 valence electrons. The number of carbonyl (C=O) groups is 1. The molecule has 4 aromatic rings. The van der Waals surface area contributed by atoms with E-state index in [0.29, 0.717) is 11.4 Å². The molecular formula is C23H21N5O. The highest BCUT2D eigenvalue weighted by molar-refractivity contribution is 5.93. The number of aromatic nitrogens is 3. The van der Waals surface area contributed by atoms with Crippen molar-refractivity contribution < 1.29 is 4.79 Å². The van der Waals surface area contributed by atoms with Gasteiger partial charge in [-0.2, -0.15) is 5.10 Å². The average Bonchev–Trinajstić information content (AvgIpc) is 3.10. The van der Waals surface area contributed by atoms with Gasteiger partial charge in [0.25, 0.3) is 0 Å². The van der Waals surface area contributed by atoms with E-state index in [-0.39, 0.29) is 0 Å². The van der Waals surface area contributed by atoms with E-state index in [2.05, 4.69) is 40.5 Å². The molecule has 3 N–H and O–H groups in total. The van der Waals surface area contributed by atoms with Gasteiger partial charge in [-0.1, -0.05) is 18.2 Å². The molecule has 2 aromatic heterocycles. The molecule has 0 aliphatic carbocycles. The molecule has 0 spiro atoms. The summed E-state index contributed by atoms with van der Waals surface area (Å²) in [6, 6.07) is 21.2. The zero-order valence-corrected chi connectivity index (χ0v) is 16.3. The molecule has 0 aliphatic heterocycles. The highest BCUT2D eigenvalue weighted by atomic mass is 16.1. The SMILES string of the molecule is Cc1cccc(-n2nc(C)cc2-c2ccnc(Nc3cccc(C(N)=O)c3)c2)c1. The number of primary amides is 1. The molecule has 6 heteroatoms. The molecule has 6 nitrogen and oxygen atoms in total. The van der Waals surface area contributed by atoms with Crippen LogP contribution in [0.3, 0.4) is 0 Å². The monoisotopic (exact) mass is 383 g/mol. The predicted octanol–water partition coefficient (Wildman–Crippen LogP) is 4.39. The van der Waals surface area contributed by atoms with Gasteiger partial charge >= 0.3 is 0 Å². The normalized spacial score (nSPS) is 10.7. The minimum Gasteiger partial charge on any atom is -0.366 e. The number of amides is 1. The summed E-state index contributed by atoms with van der Waals surface area (Å²) in [5, 5.41) is 7.90. The van der Waals surface area contributed by atoms with Crippen molar-refractivity contribution in [1.82, 2.24) is 14.8 Å². The summed E-state index contributed by atoms with van der Waals surface area (Å²) in [5.41, 5.74) is 11.6. The topological polar surface area (TPSA) is 85.8 Å². The third kappa shape index (κ3) is 4.01. The van der Waals surface area contributed by atoms with E-state index in [9.17, 15) is 4.79 Å². The molecule has 29 heavy (non-hydrogen) atoms. The number of nitrogens with two attached hydrogens (primary N) is 1. The Morgan fingerprint density at radius 1 is 1.00 bits per heavy atom. The first kappa shape index (κ1) is 18.4. The number of rotatable bonds is 5. The third-order valence-corrected chi connectivity index (χ3v) is 4.55. The minimum absolute atomic E-state index is 0.444. The van der Waals surface area contributed by atoms with Crippen molar-refractivity contribution in [2.24, 2.45) is 5.73 Å². The molecule has 0 atom stereocenters. The van der Waals surface area contributed by atoms with Crippen LogP contribution in [-0.2, 0) is 0 Å². The average molecular weight is 383 g/mol. The van der Waals surface area contributed by atoms with Crippen molar-refractivity contribution in [2.75, 3.05) is 5.32 Å². The van der Waals surface area contributed by atoms with Crippen LogP contribution in [0.1, 0.15) is 21.6 Å². The van der Waals surface area contributed by atoms with Crippen molar-refractivity contribution >= 4 is 17.4 Å². The van der Waals surface area contributed by atoms with Gasteiger partial charge in [0.2, 0.25) is 5.91 Å². The minimum atomic E-state index is -0.465. The Morgan fingerprint density at radius 3 is 2.62 bits per heavy atom. The van der Waals surface area contributed by atoms with Gasteiger partial charge in [0.15, 0.2) is 0 Å². The number of benzene rings is 2. The van der Waals surface area contributed by atoms with Crippen molar-refractivity contribution in [3.63, 3.8) is 0 Å². The predicted molar refractivity (Wildman–Crippen MR) is 115 cm³/mol. The van der Waals surface area contributed by atoms with Crippen LogP contribution in [0.4, 0.5) is 11.5 Å². The Labute approximate surface area is 169 Å². The van der Waals surface area contributed by atoms with Crippen LogP contribution in [0.15, 0.2) is 72.9 Å². The van der Waals surface area contributed by atoms with Crippen LogP contribution in [0, 0.1) is 13.8 Å². The molecule has 0 radical (unpaired) electrons. The standard InChI is InChI=1S/C23H21N5O/c1-15-5-3-8-20(11-15)28-21(12-16(2)27-28)17-9-10-25-22(14-17)26-19-7-4-6-18(13-19)23(24)29/h3-14H,1-2H3,(H2,24,29)(H,25,26). The van der Waals surface area contributed by atoms with Crippen LogP contribution in [0.5, 0.6) is 0 Å². The van der Waals surface area contributed by atoms with E-state index in [1.54, 1.807) is 24.4 Å². The molecule has 0 saturated carbocycles. The fourth-order valence-electron chi connectivity index (χ4n) is 3.22. The maximum atomic E-state index is 11.4. The highest BCUT2D eigenvalue weighted by Gasteiger charge is 2.11. The fourth-order valence-corrected chi connectivity index (χ4v) is 3.22. The van der Waals surface area contributed by atoms with E-state index in [4.69, 9.17) is 5.73 Å². The van der Waals surface area contributed by atoms with E-state index in [1.165, 1.54) is 5.56 Å². The number of nitrogens with zero attached hydrogens (tertiary/aromatic N) is 3. The molecule has 0 saturated heterocycles. The summed E-state index contributed by atoms with van der Waals surface area (Å²) in [6.07, 6.45) is 1.75. The lowest BCUT2D eigenvalue weighted by molar-refractivity contribution is 0.100. The first-order valence-corrected chi connectivity index (χ1v) is 9.26. The summed E-state index contributed by atoms with van der Waals surface area (Å²) >= 11 is 0. The number of nitrogens with one attached hydrogen (secondary N) is 1. The summed E-state index contributed by atoms with van der Waals surface area (Å²) < 4.78 is 1.94. The maximum Gasteiger partial charge on any atom is 0.248 e. The fraction of sp³-hybridized carbons (Fsp3) is 0.0870. The molecule has 0 fully saturated rings. The quantitative estimate of drug-likeness (QED) is 0.535. The summed E-state index contributed by atoms with van der Waals surface area (Å²) in [7, 11) is 0. The Balaban J connectivity index is 1.70. The van der Waals surface area contributed by atoms with Gasteiger partial charge in [-0.25, -0.2) is 9.67 Å². The van der Waals surface area contributed by atoms with E-state index < -0.39 is 5.91 Å². The molecule has 0 aliphatic rings. The number of carbonyl (C=O) groups excluding carboxylic acids is 1.